The van der Waals surface area contributed by atoms with Crippen molar-refractivity contribution in [3.05, 3.63) is 24.3 Å². The summed E-state index contributed by atoms with van der Waals surface area (Å²) in [7, 11) is 0. The molecule has 0 aliphatic heterocycles. The van der Waals surface area contributed by atoms with Crippen molar-refractivity contribution < 1.29 is 0 Å². The van der Waals surface area contributed by atoms with Crippen molar-refractivity contribution in [3.8, 4) is 0 Å². The van der Waals surface area contributed by atoms with Crippen LogP contribution in [-0.2, 0) is 0 Å². The fourth-order valence-electron chi connectivity index (χ4n) is 0.546. The zero-order valence-corrected chi connectivity index (χ0v) is 7.73. The Morgan fingerprint density at radius 3 is 2.00 bits per heavy atom. The Morgan fingerprint density at radius 2 is 1.73 bits per heavy atom. The fraction of sp³-hybridized carbons (Fsp3) is 0.333. The molecular weight excluding hydrogens is 185 g/mol. The molecule has 1 atom stereocenters. The van der Waals surface area contributed by atoms with Crippen LogP contribution in [0.5, 0.6) is 0 Å². The second-order valence-electron chi connectivity index (χ2n) is 1.96. The van der Waals surface area contributed by atoms with Crippen LogP contribution in [-0.4, -0.2) is 9.97 Å². The lowest BCUT2D eigenvalue weighted by Gasteiger charge is -2.00. The summed E-state index contributed by atoms with van der Waals surface area (Å²) in [5, 5.41) is 0. The first-order valence-electron chi connectivity index (χ1n) is 2.81. The van der Waals surface area contributed by atoms with Gasteiger partial charge in [0.1, 0.15) is 6.33 Å². The predicted molar refractivity (Wildman–Crippen MR) is 49.1 cm³/mol. The maximum Gasteiger partial charge on any atom is 0.115 e. The number of nitrogens with zero attached hydrogens (tertiary/aromatic N) is 2. The van der Waals surface area contributed by atoms with E-state index in [1.54, 1.807) is 12.4 Å². The van der Waals surface area contributed by atoms with Crippen molar-refractivity contribution in [3.63, 3.8) is 0 Å². The highest BCUT2D eigenvalue weighted by Crippen LogP contribution is 2.02. The third-order valence-electron chi connectivity index (χ3n) is 1.11. The van der Waals surface area contributed by atoms with Gasteiger partial charge in [-0.05, 0) is 6.92 Å². The average molecular weight is 196 g/mol. The van der Waals surface area contributed by atoms with E-state index in [-0.39, 0.29) is 30.9 Å². The Bertz CT molecular complexity index is 178. The molecule has 0 aliphatic carbocycles. The summed E-state index contributed by atoms with van der Waals surface area (Å²) in [6, 6.07) is 0.0335. The smallest absolute Gasteiger partial charge is 0.115 e. The molecular formula is C6H11Cl2N3. The first-order valence-corrected chi connectivity index (χ1v) is 2.81. The average Bonchev–Trinajstić information content (AvgIpc) is 1.90. The van der Waals surface area contributed by atoms with Gasteiger partial charge >= 0.3 is 0 Å². The van der Waals surface area contributed by atoms with E-state index < -0.39 is 0 Å². The minimum Gasteiger partial charge on any atom is -0.324 e. The van der Waals surface area contributed by atoms with E-state index >= 15 is 0 Å². The quantitative estimate of drug-likeness (QED) is 0.737. The highest BCUT2D eigenvalue weighted by atomic mass is 35.5. The summed E-state index contributed by atoms with van der Waals surface area (Å²) in [5.74, 6) is 0. The number of rotatable bonds is 1. The molecule has 11 heavy (non-hydrogen) atoms. The van der Waals surface area contributed by atoms with Gasteiger partial charge in [0.2, 0.25) is 0 Å². The van der Waals surface area contributed by atoms with Crippen LogP contribution in [0.1, 0.15) is 18.5 Å². The van der Waals surface area contributed by atoms with Crippen LogP contribution in [0.4, 0.5) is 0 Å². The summed E-state index contributed by atoms with van der Waals surface area (Å²) in [6.45, 7) is 1.90. The van der Waals surface area contributed by atoms with E-state index in [4.69, 9.17) is 5.73 Å². The molecule has 0 spiro atoms. The maximum atomic E-state index is 5.53. The van der Waals surface area contributed by atoms with Gasteiger partial charge in [-0.2, -0.15) is 0 Å². The van der Waals surface area contributed by atoms with Crippen molar-refractivity contribution in [2.75, 3.05) is 0 Å². The number of hydrogen-bond donors (Lipinski definition) is 1. The number of hydrogen-bond acceptors (Lipinski definition) is 3. The van der Waals surface area contributed by atoms with E-state index in [1.807, 2.05) is 6.92 Å². The van der Waals surface area contributed by atoms with Gasteiger partial charge in [-0.1, -0.05) is 0 Å². The molecule has 64 valence electrons. The first-order chi connectivity index (χ1) is 4.30. The molecule has 1 heterocycles. The number of nitrogens with two attached hydrogens (primary N) is 1. The van der Waals surface area contributed by atoms with Crippen LogP contribution < -0.4 is 5.73 Å². The molecule has 0 fully saturated rings. The van der Waals surface area contributed by atoms with E-state index in [0.717, 1.165) is 5.56 Å². The van der Waals surface area contributed by atoms with Crippen molar-refractivity contribution >= 4 is 24.8 Å². The van der Waals surface area contributed by atoms with Gasteiger partial charge in [0.25, 0.3) is 0 Å². The van der Waals surface area contributed by atoms with Gasteiger partial charge < -0.3 is 5.73 Å². The van der Waals surface area contributed by atoms with Gasteiger partial charge in [-0.15, -0.1) is 24.8 Å². The SMILES string of the molecule is C[C@@H](N)c1cncnc1.Cl.Cl. The Balaban J connectivity index is 0. The Labute approximate surface area is 78.2 Å². The molecule has 0 aliphatic rings. The minimum absolute atomic E-state index is 0. The molecule has 3 nitrogen and oxygen atoms in total. The van der Waals surface area contributed by atoms with Crippen LogP contribution in [0.25, 0.3) is 0 Å². The summed E-state index contributed by atoms with van der Waals surface area (Å²) in [5.41, 5.74) is 6.50. The Hall–Kier alpha value is -0.380. The number of halogens is 2. The van der Waals surface area contributed by atoms with Crippen LogP contribution in [0.3, 0.4) is 0 Å². The summed E-state index contributed by atoms with van der Waals surface area (Å²) < 4.78 is 0. The highest BCUT2D eigenvalue weighted by Gasteiger charge is 1.95. The highest BCUT2D eigenvalue weighted by molar-refractivity contribution is 5.85. The van der Waals surface area contributed by atoms with Crippen molar-refractivity contribution in [2.24, 2.45) is 5.73 Å². The van der Waals surface area contributed by atoms with Crippen LogP contribution in [0.2, 0.25) is 0 Å². The normalized spacial score (nSPS) is 10.7. The van der Waals surface area contributed by atoms with Crippen molar-refractivity contribution in [2.45, 2.75) is 13.0 Å². The third kappa shape index (κ3) is 4.14. The molecule has 1 rings (SSSR count). The molecule has 0 aromatic carbocycles. The molecule has 0 amide bonds. The predicted octanol–water partition coefficient (Wildman–Crippen LogP) is 1.34. The lowest BCUT2D eigenvalue weighted by Crippen LogP contribution is -2.05. The lowest BCUT2D eigenvalue weighted by atomic mass is 10.2. The van der Waals surface area contributed by atoms with Crippen LogP contribution >= 0.6 is 24.8 Å². The minimum atomic E-state index is 0. The molecule has 2 N–H and O–H groups in total. The van der Waals surface area contributed by atoms with E-state index in [9.17, 15) is 0 Å². The third-order valence-corrected chi connectivity index (χ3v) is 1.11. The first kappa shape index (κ1) is 13.2. The lowest BCUT2D eigenvalue weighted by molar-refractivity contribution is 0.802. The molecule has 0 saturated heterocycles. The summed E-state index contributed by atoms with van der Waals surface area (Å²) >= 11 is 0. The molecule has 0 unspecified atom stereocenters. The second kappa shape index (κ2) is 6.34. The molecule has 5 heteroatoms. The Kier molecular flexibility index (Phi) is 7.62. The van der Waals surface area contributed by atoms with Gasteiger partial charge in [0, 0.05) is 24.0 Å². The van der Waals surface area contributed by atoms with Gasteiger partial charge in [0.15, 0.2) is 0 Å². The van der Waals surface area contributed by atoms with Gasteiger partial charge in [-0.25, -0.2) is 9.97 Å². The molecule has 0 saturated carbocycles. The molecule has 0 bridgehead atoms. The monoisotopic (exact) mass is 195 g/mol. The van der Waals surface area contributed by atoms with E-state index in [0.29, 0.717) is 0 Å². The van der Waals surface area contributed by atoms with Crippen LogP contribution in [0.15, 0.2) is 18.7 Å². The zero-order chi connectivity index (χ0) is 6.69. The van der Waals surface area contributed by atoms with E-state index in [2.05, 4.69) is 9.97 Å². The van der Waals surface area contributed by atoms with Gasteiger partial charge in [0.05, 0.1) is 0 Å². The van der Waals surface area contributed by atoms with Crippen molar-refractivity contribution in [1.82, 2.24) is 9.97 Å². The largest absolute Gasteiger partial charge is 0.324 e. The topological polar surface area (TPSA) is 51.8 Å². The Morgan fingerprint density at radius 1 is 1.27 bits per heavy atom. The van der Waals surface area contributed by atoms with E-state index in [1.165, 1.54) is 6.33 Å². The second-order valence-corrected chi connectivity index (χ2v) is 1.96. The van der Waals surface area contributed by atoms with Gasteiger partial charge in [-0.3, -0.25) is 0 Å². The summed E-state index contributed by atoms with van der Waals surface area (Å²) in [6.07, 6.45) is 4.93. The fourth-order valence-corrected chi connectivity index (χ4v) is 0.546. The molecule has 1 aromatic rings. The van der Waals surface area contributed by atoms with Crippen LogP contribution in [0, 0.1) is 0 Å². The molecule has 1 aromatic heterocycles. The van der Waals surface area contributed by atoms with Crippen molar-refractivity contribution in [1.29, 1.82) is 0 Å². The standard InChI is InChI=1S/C6H9N3.2ClH/c1-5(7)6-2-8-4-9-3-6;;/h2-5H,7H2,1H3;2*1H/t5-;;/m1../s1. The zero-order valence-electron chi connectivity index (χ0n) is 6.10. The molecule has 0 radical (unpaired) electrons. The summed E-state index contributed by atoms with van der Waals surface area (Å²) in [4.78, 5) is 7.63. The maximum absolute atomic E-state index is 5.53. The number of aromatic nitrogens is 2.